The van der Waals surface area contributed by atoms with E-state index >= 15 is 0 Å². The number of carbonyl (C=O) groups excluding carboxylic acids is 1. The first-order valence-electron chi connectivity index (χ1n) is 5.27. The van der Waals surface area contributed by atoms with Gasteiger partial charge in [0, 0.05) is 26.8 Å². The number of aliphatic hydroxyl groups excluding tert-OH is 1. The summed E-state index contributed by atoms with van der Waals surface area (Å²) in [5.74, 6) is -0.0835. The molecule has 0 spiro atoms. The van der Waals surface area contributed by atoms with E-state index in [1.165, 1.54) is 0 Å². The summed E-state index contributed by atoms with van der Waals surface area (Å²) in [5.41, 5.74) is 6.75. The molecule has 1 atom stereocenters. The molecular weight excluding hydrogens is 206 g/mol. The van der Waals surface area contributed by atoms with E-state index in [-0.39, 0.29) is 5.91 Å². The number of anilines is 1. The van der Waals surface area contributed by atoms with E-state index in [0.717, 1.165) is 0 Å². The highest BCUT2D eigenvalue weighted by Gasteiger charge is 2.15. The summed E-state index contributed by atoms with van der Waals surface area (Å²) >= 11 is 0. The van der Waals surface area contributed by atoms with Crippen LogP contribution in [0.1, 0.15) is 23.8 Å². The maximum absolute atomic E-state index is 12.0. The lowest BCUT2D eigenvalue weighted by molar-refractivity contribution is 0.0759. The van der Waals surface area contributed by atoms with Gasteiger partial charge in [0.2, 0.25) is 0 Å². The molecule has 0 saturated carbocycles. The number of nitrogens with zero attached hydrogens (tertiary/aromatic N) is 2. The number of hydrogen-bond donors (Lipinski definition) is 2. The molecule has 1 aromatic rings. The van der Waals surface area contributed by atoms with Gasteiger partial charge in [0.25, 0.3) is 5.91 Å². The number of nitrogen functional groups attached to an aromatic ring is 1. The first kappa shape index (κ1) is 12.6. The van der Waals surface area contributed by atoms with E-state index in [2.05, 4.69) is 0 Å². The molecule has 0 aromatic carbocycles. The third-order valence-electron chi connectivity index (χ3n) is 2.47. The van der Waals surface area contributed by atoms with Crippen molar-refractivity contribution in [2.45, 2.75) is 19.4 Å². The van der Waals surface area contributed by atoms with E-state index in [0.29, 0.717) is 24.3 Å². The van der Waals surface area contributed by atoms with E-state index in [1.54, 1.807) is 42.7 Å². The molecule has 5 heteroatoms. The van der Waals surface area contributed by atoms with E-state index in [1.807, 2.05) is 0 Å². The van der Waals surface area contributed by atoms with Crippen LogP contribution >= 0.6 is 0 Å². The van der Waals surface area contributed by atoms with Crippen LogP contribution in [-0.4, -0.2) is 40.2 Å². The molecule has 0 fully saturated rings. The van der Waals surface area contributed by atoms with Crippen molar-refractivity contribution in [3.05, 3.63) is 18.0 Å². The molecule has 90 valence electrons. The van der Waals surface area contributed by atoms with Crippen LogP contribution < -0.4 is 5.73 Å². The van der Waals surface area contributed by atoms with E-state index < -0.39 is 6.10 Å². The Balaban J connectivity index is 2.67. The van der Waals surface area contributed by atoms with Gasteiger partial charge in [0.1, 0.15) is 5.69 Å². The molecule has 1 unspecified atom stereocenters. The van der Waals surface area contributed by atoms with Crippen LogP contribution in [-0.2, 0) is 7.05 Å². The largest absolute Gasteiger partial charge is 0.397 e. The van der Waals surface area contributed by atoms with Gasteiger partial charge in [-0.3, -0.25) is 4.79 Å². The summed E-state index contributed by atoms with van der Waals surface area (Å²) in [6.07, 6.45) is 1.88. The number of nitrogens with two attached hydrogens (primary N) is 1. The number of amides is 1. The van der Waals surface area contributed by atoms with Gasteiger partial charge in [-0.25, -0.2) is 0 Å². The number of hydrogen-bond acceptors (Lipinski definition) is 3. The van der Waals surface area contributed by atoms with Crippen LogP contribution in [0, 0.1) is 0 Å². The van der Waals surface area contributed by atoms with Gasteiger partial charge in [-0.05, 0) is 19.4 Å². The van der Waals surface area contributed by atoms with E-state index in [9.17, 15) is 4.79 Å². The highest BCUT2D eigenvalue weighted by Crippen LogP contribution is 2.11. The summed E-state index contributed by atoms with van der Waals surface area (Å²) < 4.78 is 1.70. The monoisotopic (exact) mass is 225 g/mol. The maximum Gasteiger partial charge on any atom is 0.270 e. The van der Waals surface area contributed by atoms with E-state index in [4.69, 9.17) is 10.8 Å². The summed E-state index contributed by atoms with van der Waals surface area (Å²) in [6, 6.07) is 1.65. The second-order valence-corrected chi connectivity index (χ2v) is 4.13. The fraction of sp³-hybridized carbons (Fsp3) is 0.545. The Morgan fingerprint density at radius 1 is 1.69 bits per heavy atom. The fourth-order valence-corrected chi connectivity index (χ4v) is 1.48. The van der Waals surface area contributed by atoms with Crippen LogP contribution in [0.5, 0.6) is 0 Å². The van der Waals surface area contributed by atoms with Gasteiger partial charge in [-0.2, -0.15) is 0 Å². The lowest BCUT2D eigenvalue weighted by atomic mass is 10.2. The Hall–Kier alpha value is -1.49. The first-order valence-corrected chi connectivity index (χ1v) is 5.27. The third kappa shape index (κ3) is 3.00. The van der Waals surface area contributed by atoms with Crippen LogP contribution in [0.2, 0.25) is 0 Å². The Morgan fingerprint density at radius 3 is 2.75 bits per heavy atom. The van der Waals surface area contributed by atoms with Crippen LogP contribution in [0.3, 0.4) is 0 Å². The topological polar surface area (TPSA) is 71.5 Å². The summed E-state index contributed by atoms with van der Waals surface area (Å²) in [7, 11) is 3.50. The minimum Gasteiger partial charge on any atom is -0.397 e. The van der Waals surface area contributed by atoms with Crippen molar-refractivity contribution in [1.29, 1.82) is 0 Å². The van der Waals surface area contributed by atoms with Crippen LogP contribution in [0.4, 0.5) is 5.69 Å². The summed E-state index contributed by atoms with van der Waals surface area (Å²) in [6.45, 7) is 2.24. The third-order valence-corrected chi connectivity index (χ3v) is 2.47. The van der Waals surface area contributed by atoms with Crippen molar-refractivity contribution >= 4 is 11.6 Å². The molecule has 0 saturated heterocycles. The molecule has 0 aliphatic heterocycles. The molecule has 0 aliphatic carbocycles. The molecule has 1 aromatic heterocycles. The number of rotatable bonds is 4. The maximum atomic E-state index is 12.0. The fourth-order valence-electron chi connectivity index (χ4n) is 1.48. The number of aromatic nitrogens is 1. The van der Waals surface area contributed by atoms with Gasteiger partial charge in [-0.1, -0.05) is 0 Å². The second-order valence-electron chi connectivity index (χ2n) is 4.13. The van der Waals surface area contributed by atoms with Crippen molar-refractivity contribution in [3.63, 3.8) is 0 Å². The van der Waals surface area contributed by atoms with Gasteiger partial charge >= 0.3 is 0 Å². The predicted octanol–water partition coefficient (Wildman–Crippen LogP) is 0.450. The Morgan fingerprint density at radius 2 is 2.31 bits per heavy atom. The molecule has 1 heterocycles. The van der Waals surface area contributed by atoms with Crippen LogP contribution in [0.15, 0.2) is 12.3 Å². The molecule has 5 nitrogen and oxygen atoms in total. The molecule has 0 radical (unpaired) electrons. The van der Waals surface area contributed by atoms with Gasteiger partial charge in [0.15, 0.2) is 0 Å². The smallest absolute Gasteiger partial charge is 0.270 e. The highest BCUT2D eigenvalue weighted by atomic mass is 16.3. The minimum atomic E-state index is -0.395. The lowest BCUT2D eigenvalue weighted by Crippen LogP contribution is -2.30. The highest BCUT2D eigenvalue weighted by molar-refractivity contribution is 5.93. The predicted molar refractivity (Wildman–Crippen MR) is 63.1 cm³/mol. The molecule has 16 heavy (non-hydrogen) atoms. The Bertz CT molecular complexity index is 371. The van der Waals surface area contributed by atoms with Crippen molar-refractivity contribution in [2.75, 3.05) is 19.3 Å². The molecular formula is C11H19N3O2. The SMILES string of the molecule is CC(O)CCN(C)C(=O)c1cc(N)cn1C. The normalized spacial score (nSPS) is 12.5. The molecule has 0 bridgehead atoms. The standard InChI is InChI=1S/C11H19N3O2/c1-8(15)4-5-13(2)11(16)10-6-9(12)7-14(10)3/h6-8,15H,4-5,12H2,1-3H3. The zero-order valence-electron chi connectivity index (χ0n) is 9.97. The summed E-state index contributed by atoms with van der Waals surface area (Å²) in [5, 5.41) is 9.15. The Labute approximate surface area is 95.5 Å². The molecule has 1 rings (SSSR count). The number of aliphatic hydroxyl groups is 1. The molecule has 0 aliphatic rings. The number of aryl methyl sites for hydroxylation is 1. The number of carbonyl (C=O) groups is 1. The molecule has 3 N–H and O–H groups in total. The Kier molecular flexibility index (Phi) is 3.95. The van der Waals surface area contributed by atoms with Crippen molar-refractivity contribution < 1.29 is 9.90 Å². The van der Waals surface area contributed by atoms with Crippen molar-refractivity contribution in [1.82, 2.24) is 9.47 Å². The average Bonchev–Trinajstić information content (AvgIpc) is 2.53. The van der Waals surface area contributed by atoms with Crippen molar-refractivity contribution in [3.8, 4) is 0 Å². The quantitative estimate of drug-likeness (QED) is 0.781. The van der Waals surface area contributed by atoms with Gasteiger partial charge in [-0.15, -0.1) is 0 Å². The minimum absolute atomic E-state index is 0.0835. The van der Waals surface area contributed by atoms with Crippen LogP contribution in [0.25, 0.3) is 0 Å². The van der Waals surface area contributed by atoms with Gasteiger partial charge < -0.3 is 20.3 Å². The molecule has 1 amide bonds. The summed E-state index contributed by atoms with van der Waals surface area (Å²) in [4.78, 5) is 13.5. The average molecular weight is 225 g/mol. The zero-order valence-corrected chi connectivity index (χ0v) is 9.97. The van der Waals surface area contributed by atoms with Crippen molar-refractivity contribution in [2.24, 2.45) is 7.05 Å². The second kappa shape index (κ2) is 5.03. The zero-order chi connectivity index (χ0) is 12.3. The lowest BCUT2D eigenvalue weighted by Gasteiger charge is -2.18. The first-order chi connectivity index (χ1) is 7.41. The van der Waals surface area contributed by atoms with Gasteiger partial charge in [0.05, 0.1) is 11.8 Å².